The molecule has 0 unspecified atom stereocenters. The van der Waals surface area contributed by atoms with Crippen molar-refractivity contribution in [2.45, 2.75) is 32.4 Å². The molecule has 0 amide bonds. The molecule has 2 aromatic heterocycles. The maximum atomic E-state index is 12.4. The Morgan fingerprint density at radius 2 is 1.56 bits per heavy atom. The summed E-state index contributed by atoms with van der Waals surface area (Å²) in [6.07, 6.45) is -0.497. The summed E-state index contributed by atoms with van der Waals surface area (Å²) in [5.41, 5.74) is 0.908. The minimum absolute atomic E-state index is 0.0828. The number of carboxylic acids is 1. The van der Waals surface area contributed by atoms with E-state index >= 15 is 0 Å². The summed E-state index contributed by atoms with van der Waals surface area (Å²) < 4.78 is 31.7. The van der Waals surface area contributed by atoms with Crippen molar-refractivity contribution in [3.8, 4) is 0 Å². The summed E-state index contributed by atoms with van der Waals surface area (Å²) >= 11 is 12.1. The van der Waals surface area contributed by atoms with Gasteiger partial charge in [-0.15, -0.1) is 0 Å². The Morgan fingerprint density at radius 1 is 1.03 bits per heavy atom. The van der Waals surface area contributed by atoms with Crippen LogP contribution in [-0.4, -0.2) is 37.2 Å². The minimum Gasteiger partial charge on any atom is -0.475 e. The molecule has 34 heavy (non-hydrogen) atoms. The lowest BCUT2D eigenvalue weighted by Crippen LogP contribution is -2.46. The first-order chi connectivity index (χ1) is 15.6. The van der Waals surface area contributed by atoms with Crippen molar-refractivity contribution in [3.63, 3.8) is 0 Å². The molecule has 0 aliphatic heterocycles. The Balaban J connectivity index is 0.000000509. The average molecular weight is 519 g/mol. The van der Waals surface area contributed by atoms with E-state index in [-0.39, 0.29) is 16.1 Å². The normalized spacial score (nSPS) is 12.9. The number of aliphatic carboxylic acids is 1. The zero-order valence-corrected chi connectivity index (χ0v) is 19.5. The molecule has 2 heterocycles. The molecular formula is C21H19Cl2F3N4O4. The first-order valence-corrected chi connectivity index (χ1v) is 10.2. The van der Waals surface area contributed by atoms with E-state index < -0.39 is 23.3 Å². The Kier molecular flexibility index (Phi) is 8.17. The molecule has 1 aromatic carbocycles. The van der Waals surface area contributed by atoms with Crippen LogP contribution in [-0.2, 0) is 10.2 Å². The number of hydrogen-bond donors (Lipinski definition) is 4. The van der Waals surface area contributed by atoms with Crippen LogP contribution in [0.25, 0.3) is 12.2 Å². The van der Waals surface area contributed by atoms with Crippen LogP contribution in [0.2, 0.25) is 10.0 Å². The number of carboxylic acid groups (broad SMARTS) is 1. The van der Waals surface area contributed by atoms with Crippen molar-refractivity contribution in [1.82, 2.24) is 19.9 Å². The molecule has 0 saturated heterocycles. The second kappa shape index (κ2) is 10.3. The molecule has 0 aliphatic carbocycles. The molecule has 13 heteroatoms. The summed E-state index contributed by atoms with van der Waals surface area (Å²) in [6, 6.07) is 5.05. The molecular weight excluding hydrogens is 500 g/mol. The molecule has 0 spiro atoms. The minimum atomic E-state index is -5.08. The van der Waals surface area contributed by atoms with Crippen LogP contribution >= 0.6 is 23.2 Å². The number of nitrogens with one attached hydrogen (secondary N) is 3. The van der Waals surface area contributed by atoms with E-state index in [9.17, 15) is 22.8 Å². The van der Waals surface area contributed by atoms with Crippen molar-refractivity contribution >= 4 is 41.3 Å². The number of benzene rings is 1. The molecule has 3 rings (SSSR count). The van der Waals surface area contributed by atoms with Gasteiger partial charge in [0.2, 0.25) is 0 Å². The third kappa shape index (κ3) is 6.84. The van der Waals surface area contributed by atoms with Crippen molar-refractivity contribution in [1.29, 1.82) is 0 Å². The van der Waals surface area contributed by atoms with Crippen molar-refractivity contribution < 1.29 is 23.1 Å². The number of rotatable bonds is 2. The molecule has 4 N–H and O–H groups in total. The smallest absolute Gasteiger partial charge is 0.475 e. The fourth-order valence-electron chi connectivity index (χ4n) is 2.64. The number of hydrogen-bond acceptors (Lipinski definition) is 4. The molecule has 182 valence electrons. The molecule has 8 nitrogen and oxygen atoms in total. The van der Waals surface area contributed by atoms with Gasteiger partial charge in [0.25, 0.3) is 11.1 Å². The Morgan fingerprint density at radius 3 is 2.06 bits per heavy atom. The van der Waals surface area contributed by atoms with Crippen LogP contribution in [0.3, 0.4) is 0 Å². The summed E-state index contributed by atoms with van der Waals surface area (Å²) in [4.78, 5) is 46.3. The fourth-order valence-corrected chi connectivity index (χ4v) is 3.00. The van der Waals surface area contributed by atoms with Crippen LogP contribution in [0.4, 0.5) is 13.2 Å². The third-order valence-electron chi connectivity index (χ3n) is 4.21. The lowest BCUT2D eigenvalue weighted by atomic mass is 9.90. The van der Waals surface area contributed by atoms with Crippen molar-refractivity contribution in [2.24, 2.45) is 0 Å². The van der Waals surface area contributed by atoms with E-state index in [2.05, 4.69) is 19.9 Å². The highest BCUT2D eigenvalue weighted by molar-refractivity contribution is 6.42. The number of alkyl halides is 3. The molecule has 0 saturated carbocycles. The van der Waals surface area contributed by atoms with E-state index in [0.717, 1.165) is 5.69 Å². The molecule has 3 aromatic rings. The van der Waals surface area contributed by atoms with Crippen LogP contribution < -0.4 is 21.8 Å². The lowest BCUT2D eigenvalue weighted by molar-refractivity contribution is -0.192. The predicted molar refractivity (Wildman–Crippen MR) is 122 cm³/mol. The molecule has 0 radical (unpaired) electrons. The standard InChI is InChI=1S/C19H18Cl2N4O2.C2HF3O2/c1-19(2,3)16-12(22-9-23-16)8-14-18(27)24-13(17(26)25-14)7-10-5-4-6-11(20)15(10)21;3-2(4,5)1(6)7/h4-9H,1-3H3,(H,22,23)(H,24,27)(H,25,26);(H,6,7)/b13-7-,14-8-;. The van der Waals surface area contributed by atoms with Gasteiger partial charge in [0.05, 0.1) is 22.1 Å². The number of aromatic nitrogens is 4. The Bertz CT molecular complexity index is 1430. The SMILES string of the molecule is CC(C)(C)c1[nH]cnc1/C=c1\[nH]c(=O)/c(=C/c2cccc(Cl)c2Cl)[nH]c1=O.O=C(O)C(F)(F)F. The average Bonchev–Trinajstić information content (AvgIpc) is 3.18. The van der Waals surface area contributed by atoms with Crippen LogP contribution in [0.1, 0.15) is 37.7 Å². The van der Waals surface area contributed by atoms with Crippen LogP contribution in [0.15, 0.2) is 34.1 Å². The van der Waals surface area contributed by atoms with E-state index in [0.29, 0.717) is 21.3 Å². The molecule has 0 aliphatic rings. The van der Waals surface area contributed by atoms with Gasteiger partial charge in [-0.3, -0.25) is 9.59 Å². The number of nitrogens with zero attached hydrogens (tertiary/aromatic N) is 1. The van der Waals surface area contributed by atoms with Gasteiger partial charge in [0, 0.05) is 11.1 Å². The first-order valence-electron chi connectivity index (χ1n) is 9.45. The van der Waals surface area contributed by atoms with Gasteiger partial charge in [0.1, 0.15) is 10.7 Å². The van der Waals surface area contributed by atoms with E-state index in [1.165, 1.54) is 6.08 Å². The Hall–Kier alpha value is -3.31. The summed E-state index contributed by atoms with van der Waals surface area (Å²) in [5, 5.41) is 8.00. The second-order valence-electron chi connectivity index (χ2n) is 7.88. The van der Waals surface area contributed by atoms with Gasteiger partial charge >= 0.3 is 12.1 Å². The maximum Gasteiger partial charge on any atom is 0.490 e. The topological polar surface area (TPSA) is 132 Å². The van der Waals surface area contributed by atoms with Gasteiger partial charge in [-0.1, -0.05) is 56.1 Å². The zero-order valence-electron chi connectivity index (χ0n) is 18.0. The summed E-state index contributed by atoms with van der Waals surface area (Å²) in [5.74, 6) is -2.76. The zero-order chi connectivity index (χ0) is 25.8. The maximum absolute atomic E-state index is 12.4. The highest BCUT2D eigenvalue weighted by Gasteiger charge is 2.38. The number of halogens is 5. The largest absolute Gasteiger partial charge is 0.490 e. The van der Waals surface area contributed by atoms with Crippen LogP contribution in [0.5, 0.6) is 0 Å². The third-order valence-corrected chi connectivity index (χ3v) is 5.04. The lowest BCUT2D eigenvalue weighted by Gasteiger charge is -2.16. The van der Waals surface area contributed by atoms with Crippen molar-refractivity contribution in [2.75, 3.05) is 0 Å². The highest BCUT2D eigenvalue weighted by atomic mass is 35.5. The number of imidazole rings is 1. The quantitative estimate of drug-likeness (QED) is 0.414. The molecule has 0 atom stereocenters. The fraction of sp³-hybridized carbons (Fsp3) is 0.238. The number of H-pyrrole nitrogens is 3. The predicted octanol–water partition coefficient (Wildman–Crippen LogP) is 2.68. The van der Waals surface area contributed by atoms with E-state index in [4.69, 9.17) is 33.1 Å². The van der Waals surface area contributed by atoms with Crippen LogP contribution in [0, 0.1) is 0 Å². The number of carbonyl (C=O) groups is 1. The second-order valence-corrected chi connectivity index (χ2v) is 8.67. The van der Waals surface area contributed by atoms with Gasteiger partial charge in [0.15, 0.2) is 0 Å². The first kappa shape index (κ1) is 26.9. The number of aromatic amines is 3. The molecule has 0 fully saturated rings. The summed E-state index contributed by atoms with van der Waals surface area (Å²) in [7, 11) is 0. The Labute approximate surface area is 199 Å². The van der Waals surface area contributed by atoms with Gasteiger partial charge < -0.3 is 20.1 Å². The van der Waals surface area contributed by atoms with Crippen molar-refractivity contribution in [3.05, 3.63) is 82.9 Å². The molecule has 0 bridgehead atoms. The van der Waals surface area contributed by atoms with E-state index in [1.807, 2.05) is 20.8 Å². The highest BCUT2D eigenvalue weighted by Crippen LogP contribution is 2.25. The van der Waals surface area contributed by atoms with Gasteiger partial charge in [-0.05, 0) is 23.8 Å². The van der Waals surface area contributed by atoms with Gasteiger partial charge in [-0.2, -0.15) is 13.2 Å². The summed E-state index contributed by atoms with van der Waals surface area (Å²) in [6.45, 7) is 6.08. The monoisotopic (exact) mass is 518 g/mol. The van der Waals surface area contributed by atoms with E-state index in [1.54, 1.807) is 30.6 Å². The van der Waals surface area contributed by atoms with Gasteiger partial charge in [-0.25, -0.2) is 9.78 Å².